The molecule has 2 nitrogen and oxygen atoms in total. The number of nitrogens with one attached hydrogen (secondary N) is 1. The molecular weight excluding hydrogens is 227 g/mol. The molecule has 0 saturated heterocycles. The van der Waals surface area contributed by atoms with Gasteiger partial charge in [-0.2, -0.15) is 0 Å². The lowest BCUT2D eigenvalue weighted by atomic mass is 10.0. The van der Waals surface area contributed by atoms with Gasteiger partial charge in [0, 0.05) is 25.3 Å². The number of benzene rings is 1. The van der Waals surface area contributed by atoms with Gasteiger partial charge in [0.05, 0.1) is 0 Å². The van der Waals surface area contributed by atoms with Crippen molar-refractivity contribution in [2.24, 2.45) is 0 Å². The molecule has 0 bridgehead atoms. The molecule has 0 aromatic heterocycles. The van der Waals surface area contributed by atoms with Crippen LogP contribution in [-0.4, -0.2) is 20.1 Å². The van der Waals surface area contributed by atoms with E-state index in [1.165, 1.54) is 6.07 Å². The predicted molar refractivity (Wildman–Crippen MR) is 76.6 cm³/mol. The molecule has 100 valence electrons. The van der Waals surface area contributed by atoms with Crippen molar-refractivity contribution in [1.82, 2.24) is 5.32 Å². The highest BCUT2D eigenvalue weighted by Crippen LogP contribution is 2.26. The van der Waals surface area contributed by atoms with Gasteiger partial charge in [-0.1, -0.05) is 13.0 Å². The SMILES string of the molecule is C=CCN(C)c1ccc(F)cc1C(C)NCCC. The molecule has 1 atom stereocenters. The lowest BCUT2D eigenvalue weighted by Crippen LogP contribution is -2.24. The maximum absolute atomic E-state index is 13.4. The first-order valence-electron chi connectivity index (χ1n) is 6.45. The third kappa shape index (κ3) is 3.84. The van der Waals surface area contributed by atoms with Gasteiger partial charge < -0.3 is 10.2 Å². The number of nitrogens with zero attached hydrogens (tertiary/aromatic N) is 1. The number of rotatable bonds is 7. The van der Waals surface area contributed by atoms with Gasteiger partial charge in [0.25, 0.3) is 0 Å². The van der Waals surface area contributed by atoms with E-state index in [0.29, 0.717) is 0 Å². The topological polar surface area (TPSA) is 15.3 Å². The maximum atomic E-state index is 13.4. The van der Waals surface area contributed by atoms with Crippen molar-refractivity contribution in [3.63, 3.8) is 0 Å². The molecule has 0 aliphatic heterocycles. The molecule has 0 aliphatic carbocycles. The van der Waals surface area contributed by atoms with E-state index in [9.17, 15) is 4.39 Å². The fraction of sp³-hybridized carbons (Fsp3) is 0.467. The molecule has 0 aliphatic rings. The summed E-state index contributed by atoms with van der Waals surface area (Å²) in [6.07, 6.45) is 2.91. The van der Waals surface area contributed by atoms with Gasteiger partial charge in [-0.15, -0.1) is 6.58 Å². The van der Waals surface area contributed by atoms with E-state index in [0.717, 1.165) is 30.8 Å². The van der Waals surface area contributed by atoms with Gasteiger partial charge >= 0.3 is 0 Å². The molecule has 1 N–H and O–H groups in total. The Kier molecular flexibility index (Phi) is 5.86. The van der Waals surface area contributed by atoms with Crippen LogP contribution in [0.2, 0.25) is 0 Å². The fourth-order valence-electron chi connectivity index (χ4n) is 1.98. The van der Waals surface area contributed by atoms with Crippen molar-refractivity contribution in [3.05, 3.63) is 42.2 Å². The summed E-state index contributed by atoms with van der Waals surface area (Å²) in [6, 6.07) is 5.09. The minimum atomic E-state index is -0.189. The first kappa shape index (κ1) is 14.7. The summed E-state index contributed by atoms with van der Waals surface area (Å²) in [6.45, 7) is 9.60. The van der Waals surface area contributed by atoms with E-state index in [2.05, 4.69) is 30.6 Å². The van der Waals surface area contributed by atoms with Gasteiger partial charge in [0.1, 0.15) is 5.82 Å². The predicted octanol–water partition coefficient (Wildman–Crippen LogP) is 3.51. The van der Waals surface area contributed by atoms with E-state index in [-0.39, 0.29) is 11.9 Å². The van der Waals surface area contributed by atoms with Crippen LogP contribution in [0.5, 0.6) is 0 Å². The molecule has 18 heavy (non-hydrogen) atoms. The molecule has 0 spiro atoms. The molecule has 0 amide bonds. The third-order valence-electron chi connectivity index (χ3n) is 2.97. The van der Waals surface area contributed by atoms with Crippen LogP contribution in [0.1, 0.15) is 31.9 Å². The van der Waals surface area contributed by atoms with Crippen molar-refractivity contribution in [2.75, 3.05) is 25.0 Å². The van der Waals surface area contributed by atoms with Crippen LogP contribution in [0.15, 0.2) is 30.9 Å². The highest BCUT2D eigenvalue weighted by Gasteiger charge is 2.13. The number of anilines is 1. The Morgan fingerprint density at radius 3 is 2.83 bits per heavy atom. The van der Waals surface area contributed by atoms with Crippen LogP contribution in [0, 0.1) is 5.82 Å². The average Bonchev–Trinajstić information content (AvgIpc) is 2.36. The second-order valence-electron chi connectivity index (χ2n) is 4.55. The zero-order chi connectivity index (χ0) is 13.5. The largest absolute Gasteiger partial charge is 0.371 e. The number of hydrogen-bond donors (Lipinski definition) is 1. The second-order valence-corrected chi connectivity index (χ2v) is 4.55. The molecule has 1 aromatic rings. The van der Waals surface area contributed by atoms with E-state index in [1.807, 2.05) is 19.2 Å². The van der Waals surface area contributed by atoms with Gasteiger partial charge in [0.15, 0.2) is 0 Å². The smallest absolute Gasteiger partial charge is 0.123 e. The Bertz CT molecular complexity index is 390. The molecule has 0 saturated carbocycles. The molecular formula is C15H23FN2. The van der Waals surface area contributed by atoms with E-state index in [1.54, 1.807) is 6.07 Å². The summed E-state index contributed by atoms with van der Waals surface area (Å²) in [5.41, 5.74) is 2.04. The van der Waals surface area contributed by atoms with Crippen LogP contribution in [-0.2, 0) is 0 Å². The Morgan fingerprint density at radius 2 is 2.22 bits per heavy atom. The first-order chi connectivity index (χ1) is 8.60. The van der Waals surface area contributed by atoms with Crippen LogP contribution >= 0.6 is 0 Å². The van der Waals surface area contributed by atoms with Crippen LogP contribution < -0.4 is 10.2 Å². The van der Waals surface area contributed by atoms with Gasteiger partial charge in [-0.3, -0.25) is 0 Å². The Morgan fingerprint density at radius 1 is 1.50 bits per heavy atom. The van der Waals surface area contributed by atoms with Crippen molar-refractivity contribution in [3.8, 4) is 0 Å². The Hall–Kier alpha value is -1.35. The molecule has 0 radical (unpaired) electrons. The summed E-state index contributed by atoms with van der Waals surface area (Å²) in [4.78, 5) is 2.08. The van der Waals surface area contributed by atoms with Crippen molar-refractivity contribution in [2.45, 2.75) is 26.3 Å². The number of halogens is 1. The monoisotopic (exact) mass is 250 g/mol. The summed E-state index contributed by atoms with van der Waals surface area (Å²) in [7, 11) is 1.99. The van der Waals surface area contributed by atoms with Crippen molar-refractivity contribution >= 4 is 5.69 Å². The number of likely N-dealkylation sites (N-methyl/N-ethyl adjacent to an activating group) is 1. The molecule has 1 rings (SSSR count). The zero-order valence-electron chi connectivity index (χ0n) is 11.5. The molecule has 1 unspecified atom stereocenters. The summed E-state index contributed by atoms with van der Waals surface area (Å²) in [5.74, 6) is -0.189. The summed E-state index contributed by atoms with van der Waals surface area (Å²) < 4.78 is 13.4. The summed E-state index contributed by atoms with van der Waals surface area (Å²) in [5, 5.41) is 3.39. The number of hydrogen-bond acceptors (Lipinski definition) is 2. The highest BCUT2D eigenvalue weighted by atomic mass is 19.1. The third-order valence-corrected chi connectivity index (χ3v) is 2.97. The van der Waals surface area contributed by atoms with E-state index in [4.69, 9.17) is 0 Å². The highest BCUT2D eigenvalue weighted by molar-refractivity contribution is 5.55. The van der Waals surface area contributed by atoms with Crippen LogP contribution in [0.4, 0.5) is 10.1 Å². The van der Waals surface area contributed by atoms with Crippen molar-refractivity contribution in [1.29, 1.82) is 0 Å². The van der Waals surface area contributed by atoms with E-state index >= 15 is 0 Å². The van der Waals surface area contributed by atoms with Gasteiger partial charge in [-0.25, -0.2) is 4.39 Å². The lowest BCUT2D eigenvalue weighted by Gasteiger charge is -2.24. The first-order valence-corrected chi connectivity index (χ1v) is 6.45. The standard InChI is InChI=1S/C15H23FN2/c1-5-9-17-12(3)14-11-13(16)7-8-15(14)18(4)10-6-2/h6-8,11-12,17H,2,5,9-10H2,1,3-4H3. The normalized spacial score (nSPS) is 12.2. The van der Waals surface area contributed by atoms with Crippen molar-refractivity contribution < 1.29 is 4.39 Å². The average molecular weight is 250 g/mol. The van der Waals surface area contributed by atoms with Gasteiger partial charge in [-0.05, 0) is 43.7 Å². The lowest BCUT2D eigenvalue weighted by molar-refractivity contribution is 0.562. The Balaban J connectivity index is 2.98. The Labute approximate surface area is 110 Å². The van der Waals surface area contributed by atoms with Crippen LogP contribution in [0.25, 0.3) is 0 Å². The zero-order valence-corrected chi connectivity index (χ0v) is 11.5. The maximum Gasteiger partial charge on any atom is 0.123 e. The van der Waals surface area contributed by atoms with E-state index < -0.39 is 0 Å². The van der Waals surface area contributed by atoms with Gasteiger partial charge in [0.2, 0.25) is 0 Å². The quantitative estimate of drug-likeness (QED) is 0.745. The fourth-order valence-corrected chi connectivity index (χ4v) is 1.98. The molecule has 0 fully saturated rings. The minimum absolute atomic E-state index is 0.142. The molecule has 1 aromatic carbocycles. The molecule has 3 heteroatoms. The minimum Gasteiger partial charge on any atom is -0.371 e. The molecule has 0 heterocycles. The summed E-state index contributed by atoms with van der Waals surface area (Å²) >= 11 is 0. The second kappa shape index (κ2) is 7.17. The van der Waals surface area contributed by atoms with Crippen LogP contribution in [0.3, 0.4) is 0 Å².